The normalized spacial score (nSPS) is 14.1. The molecule has 0 saturated heterocycles. The Kier molecular flexibility index (Phi) is 62.8. The maximum Gasteiger partial charge on any atom is 0.268 e. The molecule has 3 unspecified atom stereocenters. The number of likely N-dealkylation sites (N-methyl/N-ethyl adjacent to an activating group) is 1. The monoisotopic (exact) mass is 1180 g/mol. The summed E-state index contributed by atoms with van der Waals surface area (Å²) in [5.41, 5.74) is 0. The summed E-state index contributed by atoms with van der Waals surface area (Å²) < 4.78 is 23.5. The molecule has 0 saturated carbocycles. The standard InChI is InChI=1S/C74H139N2O6P/c1-6-8-10-12-14-16-18-20-22-24-26-28-30-31-32-33-34-35-36-37-38-39-40-41-42-43-44-45-46-48-50-52-54-56-58-60-62-64-66-68-74(78)75-72(71-82-83(79,80)81-70-69-76(3,4)5)73(77)67-65-63-61-59-57-55-53-51-49-47-29-27-25-23-21-19-17-15-13-11-9-7-2/h8,10,14,16,20,22,26,28,31-32,34-35,72-73,77H,6-7,9,11-13,15,17-19,21,23-25,27,29-30,33,36-71H2,1-5H3,(H-,75,78,79,80)/b10-8-,16-14-,22-20-,28-26-,32-31-,35-34-. The third-order valence-electron chi connectivity index (χ3n) is 16.2. The molecular formula is C74H139N2O6P. The van der Waals surface area contributed by atoms with Crippen LogP contribution in [0.2, 0.25) is 0 Å². The number of carbonyl (C=O) groups excluding carboxylic acids is 1. The Morgan fingerprint density at radius 3 is 1.07 bits per heavy atom. The number of phosphoric acid groups is 1. The van der Waals surface area contributed by atoms with Crippen molar-refractivity contribution in [2.75, 3.05) is 40.9 Å². The maximum absolute atomic E-state index is 13.1. The Hall–Kier alpha value is -2.06. The summed E-state index contributed by atoms with van der Waals surface area (Å²) in [6.45, 7) is 4.65. The second-order valence-corrected chi connectivity index (χ2v) is 27.0. The molecule has 486 valence electrons. The predicted octanol–water partition coefficient (Wildman–Crippen LogP) is 22.3. The van der Waals surface area contributed by atoms with Gasteiger partial charge in [-0.25, -0.2) is 0 Å². The highest BCUT2D eigenvalue weighted by molar-refractivity contribution is 7.45. The third-order valence-corrected chi connectivity index (χ3v) is 17.2. The van der Waals surface area contributed by atoms with Gasteiger partial charge in [0.2, 0.25) is 5.91 Å². The van der Waals surface area contributed by atoms with Crippen LogP contribution >= 0.6 is 7.82 Å². The molecule has 2 N–H and O–H groups in total. The van der Waals surface area contributed by atoms with Gasteiger partial charge in [-0.3, -0.25) is 9.36 Å². The van der Waals surface area contributed by atoms with E-state index in [0.29, 0.717) is 23.9 Å². The smallest absolute Gasteiger partial charge is 0.268 e. The van der Waals surface area contributed by atoms with E-state index >= 15 is 0 Å². The quantitative estimate of drug-likeness (QED) is 0.0272. The van der Waals surface area contributed by atoms with Crippen molar-refractivity contribution in [3.63, 3.8) is 0 Å². The van der Waals surface area contributed by atoms with Crippen LogP contribution in [0.15, 0.2) is 72.9 Å². The molecule has 0 radical (unpaired) electrons. The third kappa shape index (κ3) is 67.3. The summed E-state index contributed by atoms with van der Waals surface area (Å²) in [5, 5.41) is 14.1. The van der Waals surface area contributed by atoms with Gasteiger partial charge in [0.1, 0.15) is 13.2 Å². The lowest BCUT2D eigenvalue weighted by molar-refractivity contribution is -0.870. The molecule has 0 bridgehead atoms. The number of hydrogen-bond donors (Lipinski definition) is 2. The van der Waals surface area contributed by atoms with Crippen molar-refractivity contribution in [2.24, 2.45) is 0 Å². The fourth-order valence-electron chi connectivity index (χ4n) is 10.7. The van der Waals surface area contributed by atoms with Crippen molar-refractivity contribution in [3.05, 3.63) is 72.9 Å². The minimum absolute atomic E-state index is 0.0128. The predicted molar refractivity (Wildman–Crippen MR) is 362 cm³/mol. The molecule has 1 amide bonds. The van der Waals surface area contributed by atoms with E-state index in [2.05, 4.69) is 92.1 Å². The number of unbranched alkanes of at least 4 members (excludes halogenated alkanes) is 41. The van der Waals surface area contributed by atoms with E-state index in [9.17, 15) is 19.4 Å². The van der Waals surface area contributed by atoms with Gasteiger partial charge in [0.15, 0.2) is 0 Å². The van der Waals surface area contributed by atoms with Crippen LogP contribution in [0.3, 0.4) is 0 Å². The average molecular weight is 1180 g/mol. The molecule has 3 atom stereocenters. The molecule has 0 aliphatic heterocycles. The molecule has 0 aliphatic rings. The number of nitrogens with zero attached hydrogens (tertiary/aromatic N) is 1. The van der Waals surface area contributed by atoms with Gasteiger partial charge in [-0.15, -0.1) is 0 Å². The van der Waals surface area contributed by atoms with Gasteiger partial charge in [0.05, 0.1) is 39.9 Å². The maximum atomic E-state index is 13.1. The molecule has 0 rings (SSSR count). The van der Waals surface area contributed by atoms with Crippen molar-refractivity contribution < 1.29 is 32.9 Å². The number of amides is 1. The number of nitrogens with one attached hydrogen (secondary N) is 1. The van der Waals surface area contributed by atoms with Crippen LogP contribution in [-0.2, 0) is 18.4 Å². The molecule has 0 aromatic heterocycles. The number of hydrogen-bond acceptors (Lipinski definition) is 6. The lowest BCUT2D eigenvalue weighted by Gasteiger charge is -2.30. The first-order valence-electron chi connectivity index (χ1n) is 35.8. The van der Waals surface area contributed by atoms with Crippen LogP contribution in [-0.4, -0.2) is 68.5 Å². The van der Waals surface area contributed by atoms with Crippen molar-refractivity contribution in [3.8, 4) is 0 Å². The van der Waals surface area contributed by atoms with Gasteiger partial charge >= 0.3 is 0 Å². The Labute approximate surface area is 516 Å². The lowest BCUT2D eigenvalue weighted by Crippen LogP contribution is -2.46. The topological polar surface area (TPSA) is 108 Å². The van der Waals surface area contributed by atoms with E-state index in [0.717, 1.165) is 77.0 Å². The minimum Gasteiger partial charge on any atom is -0.756 e. The average Bonchev–Trinajstić information content (AvgIpc) is 3.50. The first-order chi connectivity index (χ1) is 40.5. The summed E-state index contributed by atoms with van der Waals surface area (Å²) in [4.78, 5) is 25.7. The summed E-state index contributed by atoms with van der Waals surface area (Å²) in [5.74, 6) is -0.159. The molecule has 0 fully saturated rings. The number of aliphatic hydroxyl groups is 1. The fourth-order valence-corrected chi connectivity index (χ4v) is 11.4. The van der Waals surface area contributed by atoms with Gasteiger partial charge in [0.25, 0.3) is 7.82 Å². The zero-order chi connectivity index (χ0) is 60.5. The van der Waals surface area contributed by atoms with Crippen LogP contribution < -0.4 is 10.2 Å². The number of aliphatic hydroxyl groups excluding tert-OH is 1. The van der Waals surface area contributed by atoms with Gasteiger partial charge in [-0.2, -0.15) is 0 Å². The molecule has 83 heavy (non-hydrogen) atoms. The highest BCUT2D eigenvalue weighted by atomic mass is 31.2. The van der Waals surface area contributed by atoms with Crippen LogP contribution in [0.1, 0.15) is 341 Å². The van der Waals surface area contributed by atoms with Crippen molar-refractivity contribution in [1.29, 1.82) is 0 Å². The molecule has 8 nitrogen and oxygen atoms in total. The molecule has 0 aliphatic carbocycles. The van der Waals surface area contributed by atoms with Crippen molar-refractivity contribution in [1.82, 2.24) is 5.32 Å². The van der Waals surface area contributed by atoms with Gasteiger partial charge < -0.3 is 28.8 Å². The van der Waals surface area contributed by atoms with Crippen molar-refractivity contribution in [2.45, 2.75) is 353 Å². The molecule has 9 heteroatoms. The molecule has 0 heterocycles. The Morgan fingerprint density at radius 2 is 0.735 bits per heavy atom. The fraction of sp³-hybridized carbons (Fsp3) is 0.824. The second kappa shape index (κ2) is 64.4. The van der Waals surface area contributed by atoms with Crippen LogP contribution in [0.25, 0.3) is 0 Å². The molecular weight excluding hydrogens is 1040 g/mol. The SMILES string of the molecule is CC/C=C\C/C=C\C/C=C\C/C=C\C/C=C\C/C=C\CCCCCCCCCCCCCCCCCCCCCCC(=O)NC(COP(=O)([O-])OCC[N+](C)(C)C)C(O)CCCCCCCCCCCCCCCCCCCCCCCC. The van der Waals surface area contributed by atoms with Gasteiger partial charge in [-0.1, -0.05) is 344 Å². The largest absolute Gasteiger partial charge is 0.756 e. The zero-order valence-electron chi connectivity index (χ0n) is 55.6. The van der Waals surface area contributed by atoms with E-state index in [1.54, 1.807) is 0 Å². The Balaban J connectivity index is 3.96. The van der Waals surface area contributed by atoms with E-state index in [4.69, 9.17) is 9.05 Å². The van der Waals surface area contributed by atoms with E-state index in [-0.39, 0.29) is 19.1 Å². The highest BCUT2D eigenvalue weighted by Crippen LogP contribution is 2.38. The number of quaternary nitrogens is 1. The Morgan fingerprint density at radius 1 is 0.434 bits per heavy atom. The first kappa shape index (κ1) is 80.9. The molecule has 0 aromatic carbocycles. The van der Waals surface area contributed by atoms with Crippen LogP contribution in [0.4, 0.5) is 0 Å². The lowest BCUT2D eigenvalue weighted by atomic mass is 10.0. The van der Waals surface area contributed by atoms with Crippen molar-refractivity contribution >= 4 is 13.7 Å². The van der Waals surface area contributed by atoms with Crippen LogP contribution in [0, 0.1) is 0 Å². The summed E-state index contributed by atoms with van der Waals surface area (Å²) in [6.07, 6.45) is 89.8. The van der Waals surface area contributed by atoms with E-state index < -0.39 is 20.0 Å². The van der Waals surface area contributed by atoms with Crippen LogP contribution in [0.5, 0.6) is 0 Å². The second-order valence-electron chi connectivity index (χ2n) is 25.6. The Bertz CT molecular complexity index is 1580. The van der Waals surface area contributed by atoms with E-state index in [1.807, 2.05) is 21.1 Å². The first-order valence-corrected chi connectivity index (χ1v) is 37.2. The summed E-state index contributed by atoms with van der Waals surface area (Å²) in [6, 6.07) is -0.802. The number of carbonyl (C=O) groups is 1. The van der Waals surface area contributed by atoms with E-state index in [1.165, 1.54) is 238 Å². The zero-order valence-corrected chi connectivity index (χ0v) is 56.5. The number of phosphoric ester groups is 1. The highest BCUT2D eigenvalue weighted by Gasteiger charge is 2.24. The minimum atomic E-state index is -4.58. The van der Waals surface area contributed by atoms with Gasteiger partial charge in [0, 0.05) is 6.42 Å². The molecule has 0 spiro atoms. The molecule has 0 aromatic rings. The number of allylic oxidation sites excluding steroid dienone is 12. The summed E-state index contributed by atoms with van der Waals surface area (Å²) >= 11 is 0. The number of rotatable bonds is 66. The summed E-state index contributed by atoms with van der Waals surface area (Å²) in [7, 11) is 1.32. The van der Waals surface area contributed by atoms with Gasteiger partial charge in [-0.05, 0) is 64.2 Å².